The van der Waals surface area contributed by atoms with E-state index < -0.39 is 29.4 Å². The lowest BCUT2D eigenvalue weighted by Crippen LogP contribution is -2.41. The first-order valence-corrected chi connectivity index (χ1v) is 29.7. The van der Waals surface area contributed by atoms with Gasteiger partial charge in [0, 0.05) is 81.9 Å². The molecule has 0 aliphatic heterocycles. The van der Waals surface area contributed by atoms with Crippen LogP contribution in [0.15, 0.2) is 12.5 Å². The molecule has 0 unspecified atom stereocenters. The van der Waals surface area contributed by atoms with Gasteiger partial charge in [0.25, 0.3) is 0 Å². The summed E-state index contributed by atoms with van der Waals surface area (Å²) >= 11 is 0. The Labute approximate surface area is 477 Å². The van der Waals surface area contributed by atoms with Crippen LogP contribution in [-0.4, -0.2) is 151 Å². The summed E-state index contributed by atoms with van der Waals surface area (Å²) in [5, 5.41) is 25.7. The van der Waals surface area contributed by atoms with Crippen LogP contribution in [0.25, 0.3) is 0 Å². The van der Waals surface area contributed by atoms with Crippen molar-refractivity contribution in [2.45, 2.75) is 226 Å². The van der Waals surface area contributed by atoms with Crippen LogP contribution in [0, 0.1) is 11.3 Å². The molecule has 8 N–H and O–H groups in total. The molecule has 0 aliphatic rings. The molecule has 0 fully saturated rings. The Bertz CT molecular complexity index is 1830. The number of carbonyl (C=O) groups is 9. The predicted octanol–water partition coefficient (Wildman–Crippen LogP) is 7.73. The molecule has 3 amide bonds. The Hall–Kier alpha value is -4.96. The van der Waals surface area contributed by atoms with Gasteiger partial charge in [0.05, 0.1) is 51.8 Å². The minimum Gasteiger partial charge on any atom is -0.481 e. The van der Waals surface area contributed by atoms with Crippen LogP contribution < -0.4 is 21.7 Å². The third-order valence-electron chi connectivity index (χ3n) is 13.3. The molecule has 21 nitrogen and oxygen atoms in total. The van der Waals surface area contributed by atoms with Crippen molar-refractivity contribution in [3.8, 4) is 0 Å². The Morgan fingerprint density at radius 1 is 0.625 bits per heavy atom. The van der Waals surface area contributed by atoms with Gasteiger partial charge < -0.3 is 60.6 Å². The lowest BCUT2D eigenvalue weighted by molar-refractivity contribution is -0.142. The molecule has 0 radical (unpaired) electrons. The first-order chi connectivity index (χ1) is 38.3. The van der Waals surface area contributed by atoms with Crippen molar-refractivity contribution in [2.75, 3.05) is 65.9 Å². The summed E-state index contributed by atoms with van der Waals surface area (Å²) in [6.45, 7) is 11.2. The molecule has 80 heavy (non-hydrogen) atoms. The van der Waals surface area contributed by atoms with Gasteiger partial charge in [-0.25, -0.2) is 9.78 Å². The summed E-state index contributed by atoms with van der Waals surface area (Å²) in [5.74, 6) is -3.03. The van der Waals surface area contributed by atoms with Crippen molar-refractivity contribution in [1.29, 1.82) is 0 Å². The summed E-state index contributed by atoms with van der Waals surface area (Å²) in [6.07, 6.45) is 26.1. The number of rotatable bonds is 54. The Morgan fingerprint density at radius 2 is 1.18 bits per heavy atom. The standard InChI is InChI=1S/C54H96N6O12.C5H8O3/c1-5-6-7-8-9-10-11-12-13-14-15-16-17-18-19-25-50(64)60-47(53(67)68)27-26-45(61)24-22-30-69-32-34-71-41-52(66)58-29-31-70-33-35-72-40-51(65)57-28-21-20-23-43(2)36-49(63)54(3,4)38-48(62)46(55)37-44-39-56-42-59-44;1-4(6)2-3-5(7)8/h39,42-43,46-47H,5-38,40-41,55H2,1-4H3,(H,56,59)(H,57,65)(H,58,66)(H,60,64)(H,67,68);2-3H2,1H3,(H,7,8)/t43-,46+,47+;/m1./s1. The molecule has 1 rings (SSSR count). The number of aromatic nitrogens is 2. The molecule has 0 aromatic carbocycles. The fourth-order valence-corrected chi connectivity index (χ4v) is 8.35. The van der Waals surface area contributed by atoms with Gasteiger partial charge in [0.1, 0.15) is 36.6 Å². The normalized spacial score (nSPS) is 12.4. The highest BCUT2D eigenvalue weighted by atomic mass is 16.5. The first kappa shape index (κ1) is 75.0. The zero-order valence-corrected chi connectivity index (χ0v) is 49.5. The van der Waals surface area contributed by atoms with E-state index in [0.29, 0.717) is 32.4 Å². The average Bonchev–Trinajstić information content (AvgIpc) is 3.92. The van der Waals surface area contributed by atoms with Crippen molar-refractivity contribution in [3.05, 3.63) is 18.2 Å². The third kappa shape index (κ3) is 46.8. The molecule has 0 saturated carbocycles. The van der Waals surface area contributed by atoms with E-state index >= 15 is 0 Å². The van der Waals surface area contributed by atoms with Gasteiger partial charge in [-0.05, 0) is 38.5 Å². The number of unbranched alkanes of at least 4 members (excludes halogenated alkanes) is 15. The first-order valence-electron chi connectivity index (χ1n) is 29.7. The molecule has 3 atom stereocenters. The van der Waals surface area contributed by atoms with E-state index in [1.165, 1.54) is 90.3 Å². The lowest BCUT2D eigenvalue weighted by Gasteiger charge is -2.25. The van der Waals surface area contributed by atoms with Crippen molar-refractivity contribution >= 4 is 52.8 Å². The second-order valence-electron chi connectivity index (χ2n) is 21.6. The summed E-state index contributed by atoms with van der Waals surface area (Å²) in [6, 6.07) is -1.78. The van der Waals surface area contributed by atoms with Gasteiger partial charge in [0.15, 0.2) is 5.78 Å². The quantitative estimate of drug-likeness (QED) is 0.0307. The molecule has 1 aromatic heterocycles. The van der Waals surface area contributed by atoms with Gasteiger partial charge in [-0.2, -0.15) is 0 Å². The second-order valence-corrected chi connectivity index (χ2v) is 21.6. The summed E-state index contributed by atoms with van der Waals surface area (Å²) in [4.78, 5) is 113. The third-order valence-corrected chi connectivity index (χ3v) is 13.3. The smallest absolute Gasteiger partial charge is 0.326 e. The van der Waals surface area contributed by atoms with E-state index in [1.54, 1.807) is 20.0 Å². The number of nitrogens with zero attached hydrogens (tertiary/aromatic N) is 1. The summed E-state index contributed by atoms with van der Waals surface area (Å²) in [7, 11) is 0. The van der Waals surface area contributed by atoms with E-state index in [0.717, 1.165) is 44.2 Å². The predicted molar refractivity (Wildman–Crippen MR) is 306 cm³/mol. The molecule has 460 valence electrons. The number of carbonyl (C=O) groups excluding carboxylic acids is 7. The zero-order valence-electron chi connectivity index (χ0n) is 49.5. The maximum atomic E-state index is 13.0. The van der Waals surface area contributed by atoms with Crippen LogP contribution in [0.5, 0.6) is 0 Å². The maximum absolute atomic E-state index is 13.0. The minimum absolute atomic E-state index is 0.0369. The Balaban J connectivity index is 0.00000719. The van der Waals surface area contributed by atoms with Crippen LogP contribution in [0.2, 0.25) is 0 Å². The maximum Gasteiger partial charge on any atom is 0.326 e. The van der Waals surface area contributed by atoms with Crippen molar-refractivity contribution in [1.82, 2.24) is 25.9 Å². The molecule has 1 heterocycles. The fraction of sp³-hybridized carbons (Fsp3) is 0.797. The zero-order chi connectivity index (χ0) is 59.7. The van der Waals surface area contributed by atoms with Crippen molar-refractivity contribution in [2.24, 2.45) is 17.1 Å². The molecule has 21 heteroatoms. The monoisotopic (exact) mass is 1140 g/mol. The summed E-state index contributed by atoms with van der Waals surface area (Å²) < 4.78 is 21.6. The largest absolute Gasteiger partial charge is 0.481 e. The molecule has 0 aliphatic carbocycles. The highest BCUT2D eigenvalue weighted by molar-refractivity contribution is 5.92. The number of aliphatic carboxylic acids is 2. The number of hydrogen-bond acceptors (Lipinski definition) is 15. The van der Waals surface area contributed by atoms with E-state index in [1.807, 2.05) is 6.92 Å². The van der Waals surface area contributed by atoms with E-state index in [4.69, 9.17) is 29.8 Å². The molecular weight excluding hydrogens is 1030 g/mol. The second kappa shape index (κ2) is 49.8. The average molecular weight is 1140 g/mol. The van der Waals surface area contributed by atoms with Gasteiger partial charge in [-0.1, -0.05) is 130 Å². The van der Waals surface area contributed by atoms with Crippen molar-refractivity contribution < 1.29 is 72.3 Å². The van der Waals surface area contributed by atoms with E-state index in [9.17, 15) is 48.3 Å². The number of imidazole rings is 1. The molecule has 1 aromatic rings. The summed E-state index contributed by atoms with van der Waals surface area (Å²) in [5.41, 5.74) is 6.06. The van der Waals surface area contributed by atoms with Gasteiger partial charge in [-0.3, -0.25) is 33.6 Å². The number of Topliss-reactive ketones (excluding diaryl/α,β-unsaturated/α-hetero) is 4. The highest BCUT2D eigenvalue weighted by Crippen LogP contribution is 2.28. The lowest BCUT2D eigenvalue weighted by atomic mass is 9.78. The number of H-pyrrole nitrogens is 1. The number of nitrogens with one attached hydrogen (secondary N) is 4. The number of hydrogen-bond donors (Lipinski definition) is 7. The molecular formula is C59H104N6O15. The topological polar surface area (TPSA) is 322 Å². The van der Waals surface area contributed by atoms with Crippen LogP contribution in [0.4, 0.5) is 0 Å². The number of nitrogens with two attached hydrogens (primary N) is 1. The van der Waals surface area contributed by atoms with E-state index in [-0.39, 0.29) is 145 Å². The number of ketones is 4. The van der Waals surface area contributed by atoms with Crippen LogP contribution in [0.1, 0.15) is 214 Å². The fourth-order valence-electron chi connectivity index (χ4n) is 8.35. The number of carboxylic acid groups (broad SMARTS) is 2. The number of aromatic amines is 1. The number of carboxylic acids is 2. The number of ether oxygens (including phenoxy) is 4. The van der Waals surface area contributed by atoms with Crippen LogP contribution in [0.3, 0.4) is 0 Å². The molecule has 0 spiro atoms. The van der Waals surface area contributed by atoms with Crippen LogP contribution in [-0.2, 0) is 68.5 Å². The highest BCUT2D eigenvalue weighted by Gasteiger charge is 2.33. The molecule has 0 saturated heterocycles. The minimum atomic E-state index is -1.14. The Kier molecular flexibility index (Phi) is 46.7. The number of amides is 3. The van der Waals surface area contributed by atoms with E-state index in [2.05, 4.69) is 32.8 Å². The molecule has 0 bridgehead atoms. The Morgan fingerprint density at radius 3 is 1.70 bits per heavy atom. The van der Waals surface area contributed by atoms with Crippen LogP contribution >= 0.6 is 0 Å². The van der Waals surface area contributed by atoms with Gasteiger partial charge in [0.2, 0.25) is 17.7 Å². The van der Waals surface area contributed by atoms with Gasteiger partial charge >= 0.3 is 11.9 Å². The SMILES string of the molecule is CC(=O)CCC(=O)O.CCCCCCCCCCCCCCCCCC(=O)N[C@@H](CCC(=O)CCCOCCOCC(=O)NCCOCCOCC(=O)NCCCC[C@@H](C)CC(=O)C(C)(C)CC(=O)[C@@H](N)Cc1cnc[nH]1)C(=O)O. The van der Waals surface area contributed by atoms with Crippen molar-refractivity contribution in [3.63, 3.8) is 0 Å². The van der Waals surface area contributed by atoms with Gasteiger partial charge in [-0.15, -0.1) is 0 Å².